The monoisotopic (exact) mass is 296 g/mol. The van der Waals surface area contributed by atoms with E-state index in [2.05, 4.69) is 27.4 Å². The van der Waals surface area contributed by atoms with Gasteiger partial charge in [-0.15, -0.1) is 5.10 Å². The second kappa shape index (κ2) is 7.67. The van der Waals surface area contributed by atoms with Crippen LogP contribution in [-0.4, -0.2) is 32.4 Å². The maximum Gasteiger partial charge on any atom is 0.233 e. The van der Waals surface area contributed by atoms with E-state index in [1.807, 2.05) is 6.92 Å². The van der Waals surface area contributed by atoms with Gasteiger partial charge in [0.2, 0.25) is 11.1 Å². The number of aromatic amines is 1. The predicted octanol–water partition coefficient (Wildman–Crippen LogP) is 2.69. The van der Waals surface area contributed by atoms with Gasteiger partial charge in [0.05, 0.1) is 5.25 Å². The van der Waals surface area contributed by atoms with Gasteiger partial charge < -0.3 is 5.32 Å². The zero-order valence-electron chi connectivity index (χ0n) is 12.3. The molecule has 1 aromatic rings. The first-order valence-electron chi connectivity index (χ1n) is 7.57. The summed E-state index contributed by atoms with van der Waals surface area (Å²) in [5, 5.41) is 10.7. The van der Waals surface area contributed by atoms with E-state index in [9.17, 15) is 4.79 Å². The molecule has 1 aromatic heterocycles. The van der Waals surface area contributed by atoms with Crippen LogP contribution in [-0.2, 0) is 11.2 Å². The van der Waals surface area contributed by atoms with Gasteiger partial charge in [0, 0.05) is 12.5 Å². The van der Waals surface area contributed by atoms with Gasteiger partial charge >= 0.3 is 0 Å². The first-order chi connectivity index (χ1) is 9.69. The van der Waals surface area contributed by atoms with Gasteiger partial charge in [-0.25, -0.2) is 4.98 Å². The highest BCUT2D eigenvalue weighted by molar-refractivity contribution is 8.00. The molecule has 0 spiro atoms. The molecule has 0 radical (unpaired) electrons. The molecule has 1 aliphatic carbocycles. The molecule has 1 heterocycles. The van der Waals surface area contributed by atoms with E-state index < -0.39 is 0 Å². The molecule has 112 valence electrons. The molecule has 1 saturated carbocycles. The average Bonchev–Trinajstić information content (AvgIpc) is 2.87. The summed E-state index contributed by atoms with van der Waals surface area (Å²) < 4.78 is 0. The lowest BCUT2D eigenvalue weighted by Gasteiger charge is -2.24. The molecule has 2 N–H and O–H groups in total. The molecule has 0 aromatic carbocycles. The Morgan fingerprint density at radius 3 is 2.90 bits per heavy atom. The molecule has 20 heavy (non-hydrogen) atoms. The molecular formula is C14H24N4OS. The number of H-pyrrole nitrogens is 1. The number of aryl methyl sites for hydroxylation is 1. The highest BCUT2D eigenvalue weighted by Crippen LogP contribution is 2.21. The Bertz CT molecular complexity index is 429. The predicted molar refractivity (Wildman–Crippen MR) is 80.7 cm³/mol. The number of carbonyl (C=O) groups excluding carboxylic acids is 1. The maximum atomic E-state index is 12.2. The third-order valence-corrected chi connectivity index (χ3v) is 4.56. The Hall–Kier alpha value is -1.04. The van der Waals surface area contributed by atoms with Crippen LogP contribution in [0.1, 0.15) is 58.2 Å². The van der Waals surface area contributed by atoms with Crippen LogP contribution in [0.25, 0.3) is 0 Å². The normalized spacial score (nSPS) is 17.9. The highest BCUT2D eigenvalue weighted by atomic mass is 32.2. The van der Waals surface area contributed by atoms with Crippen molar-refractivity contribution in [1.29, 1.82) is 0 Å². The van der Waals surface area contributed by atoms with Crippen LogP contribution in [0.5, 0.6) is 0 Å². The van der Waals surface area contributed by atoms with Gasteiger partial charge in [0.25, 0.3) is 0 Å². The standard InChI is InChI=1S/C14H24N4OS/c1-3-7-12-16-14(18-17-12)20-10(2)13(19)15-11-8-5-4-6-9-11/h10-11H,3-9H2,1-2H3,(H,15,19)(H,16,17,18). The van der Waals surface area contributed by atoms with E-state index in [1.54, 1.807) is 0 Å². The molecule has 1 aliphatic rings. The summed E-state index contributed by atoms with van der Waals surface area (Å²) in [5.41, 5.74) is 0. The quantitative estimate of drug-likeness (QED) is 0.792. The fraction of sp³-hybridized carbons (Fsp3) is 0.786. The first kappa shape index (κ1) is 15.4. The van der Waals surface area contributed by atoms with Crippen molar-refractivity contribution in [2.24, 2.45) is 0 Å². The highest BCUT2D eigenvalue weighted by Gasteiger charge is 2.21. The van der Waals surface area contributed by atoms with Crippen molar-refractivity contribution >= 4 is 17.7 Å². The third kappa shape index (κ3) is 4.51. The van der Waals surface area contributed by atoms with Crippen molar-refractivity contribution < 1.29 is 4.79 Å². The topological polar surface area (TPSA) is 70.7 Å². The first-order valence-corrected chi connectivity index (χ1v) is 8.45. The summed E-state index contributed by atoms with van der Waals surface area (Å²) in [7, 11) is 0. The van der Waals surface area contributed by atoms with Gasteiger partial charge in [-0.2, -0.15) is 0 Å². The second-order valence-corrected chi connectivity index (χ2v) is 6.73. The zero-order valence-corrected chi connectivity index (χ0v) is 13.1. The Kier molecular flexibility index (Phi) is 5.88. The Balaban J connectivity index is 1.80. The van der Waals surface area contributed by atoms with Crippen LogP contribution in [0, 0.1) is 0 Å². The second-order valence-electron chi connectivity index (χ2n) is 5.42. The molecule has 6 heteroatoms. The van der Waals surface area contributed by atoms with E-state index in [-0.39, 0.29) is 11.2 Å². The Labute approximate surface area is 124 Å². The van der Waals surface area contributed by atoms with E-state index >= 15 is 0 Å². The summed E-state index contributed by atoms with van der Waals surface area (Å²) in [5.74, 6) is 0.999. The van der Waals surface area contributed by atoms with Gasteiger partial charge in [-0.3, -0.25) is 9.89 Å². The summed E-state index contributed by atoms with van der Waals surface area (Å²) >= 11 is 1.42. The number of rotatable bonds is 6. The van der Waals surface area contributed by atoms with Crippen molar-refractivity contribution in [2.75, 3.05) is 0 Å². The molecule has 1 atom stereocenters. The van der Waals surface area contributed by atoms with Gasteiger partial charge in [-0.1, -0.05) is 37.9 Å². The van der Waals surface area contributed by atoms with E-state index in [4.69, 9.17) is 0 Å². The summed E-state index contributed by atoms with van der Waals surface area (Å²) in [6.45, 7) is 4.02. The van der Waals surface area contributed by atoms with Crippen molar-refractivity contribution in [1.82, 2.24) is 20.5 Å². The van der Waals surface area contributed by atoms with Gasteiger partial charge in [-0.05, 0) is 26.2 Å². The summed E-state index contributed by atoms with van der Waals surface area (Å²) in [4.78, 5) is 16.5. The van der Waals surface area contributed by atoms with Crippen molar-refractivity contribution in [2.45, 2.75) is 75.2 Å². The molecule has 0 saturated heterocycles. The van der Waals surface area contributed by atoms with Crippen LogP contribution in [0.3, 0.4) is 0 Å². The van der Waals surface area contributed by atoms with Crippen LogP contribution in [0.15, 0.2) is 5.16 Å². The van der Waals surface area contributed by atoms with Gasteiger partial charge in [0.1, 0.15) is 5.82 Å². The molecule has 0 bridgehead atoms. The SMILES string of the molecule is CCCc1nc(SC(C)C(=O)NC2CCCCC2)n[nH]1. The minimum absolute atomic E-state index is 0.101. The molecule has 5 nitrogen and oxygen atoms in total. The molecule has 1 amide bonds. The zero-order chi connectivity index (χ0) is 14.4. The number of aromatic nitrogens is 3. The molecular weight excluding hydrogens is 272 g/mol. The van der Waals surface area contributed by atoms with E-state index in [1.165, 1.54) is 31.0 Å². The Morgan fingerprint density at radius 2 is 2.20 bits per heavy atom. The summed E-state index contributed by atoms with van der Waals surface area (Å²) in [6, 6.07) is 0.363. The van der Waals surface area contributed by atoms with Crippen LogP contribution >= 0.6 is 11.8 Å². The lowest BCUT2D eigenvalue weighted by Crippen LogP contribution is -2.40. The van der Waals surface area contributed by atoms with Gasteiger partial charge in [0.15, 0.2) is 0 Å². The largest absolute Gasteiger partial charge is 0.352 e. The van der Waals surface area contributed by atoms with E-state index in [0.717, 1.165) is 31.5 Å². The molecule has 2 rings (SSSR count). The van der Waals surface area contributed by atoms with Crippen molar-refractivity contribution in [3.8, 4) is 0 Å². The number of hydrogen-bond donors (Lipinski definition) is 2. The summed E-state index contributed by atoms with van der Waals surface area (Å²) in [6.07, 6.45) is 7.93. The fourth-order valence-electron chi connectivity index (χ4n) is 2.46. The Morgan fingerprint density at radius 1 is 1.45 bits per heavy atom. The maximum absolute atomic E-state index is 12.2. The average molecular weight is 296 g/mol. The minimum Gasteiger partial charge on any atom is -0.352 e. The lowest BCUT2D eigenvalue weighted by atomic mass is 9.95. The van der Waals surface area contributed by atoms with Crippen LogP contribution in [0.4, 0.5) is 0 Å². The third-order valence-electron chi connectivity index (χ3n) is 3.60. The number of carbonyl (C=O) groups is 1. The fourth-order valence-corrected chi connectivity index (χ4v) is 3.21. The van der Waals surface area contributed by atoms with Crippen molar-refractivity contribution in [3.63, 3.8) is 0 Å². The number of thioether (sulfide) groups is 1. The smallest absolute Gasteiger partial charge is 0.233 e. The number of amides is 1. The molecule has 1 unspecified atom stereocenters. The molecule has 1 fully saturated rings. The number of hydrogen-bond acceptors (Lipinski definition) is 4. The minimum atomic E-state index is -0.151. The van der Waals surface area contributed by atoms with Crippen LogP contribution < -0.4 is 5.32 Å². The molecule has 0 aliphatic heterocycles. The lowest BCUT2D eigenvalue weighted by molar-refractivity contribution is -0.121. The number of nitrogens with zero attached hydrogens (tertiary/aromatic N) is 2. The van der Waals surface area contributed by atoms with Crippen molar-refractivity contribution in [3.05, 3.63) is 5.82 Å². The van der Waals surface area contributed by atoms with Crippen LogP contribution in [0.2, 0.25) is 0 Å². The van der Waals surface area contributed by atoms with E-state index in [0.29, 0.717) is 11.2 Å². The number of nitrogens with one attached hydrogen (secondary N) is 2.